The molecule has 1 N–H and O–H groups in total. The zero-order chi connectivity index (χ0) is 22.4. The van der Waals surface area contributed by atoms with E-state index in [1.165, 1.54) is 23.1 Å². The number of ether oxygens (including phenoxy) is 1. The molecule has 1 aliphatic rings. The Bertz CT molecular complexity index is 1070. The lowest BCUT2D eigenvalue weighted by Gasteiger charge is -2.21. The lowest BCUT2D eigenvalue weighted by Crippen LogP contribution is -2.33. The van der Waals surface area contributed by atoms with Crippen LogP contribution in [0.3, 0.4) is 0 Å². The summed E-state index contributed by atoms with van der Waals surface area (Å²) in [6.07, 6.45) is 7.02. The number of aryl methyl sites for hydroxylation is 1. The highest BCUT2D eigenvalue weighted by Crippen LogP contribution is 2.24. The molecule has 2 aromatic carbocycles. The standard InChI is InChI=1S/C23H25ClN2O4S/c1-3-12-26(16-18-8-6-17(2)7-9-18)23(27)19-10-11-21(24)22(14-19)31(28,29)25-15-20-5-4-13-30-20/h1,6-11,14,20,25H,4-5,12-13,15-16H2,2H3. The van der Waals surface area contributed by atoms with Gasteiger partial charge >= 0.3 is 0 Å². The molecular weight excluding hydrogens is 436 g/mol. The van der Waals surface area contributed by atoms with Crippen molar-refractivity contribution in [3.05, 3.63) is 64.2 Å². The van der Waals surface area contributed by atoms with Crippen LogP contribution in [-0.4, -0.2) is 45.0 Å². The second-order valence-electron chi connectivity index (χ2n) is 7.48. The monoisotopic (exact) mass is 460 g/mol. The first-order chi connectivity index (χ1) is 14.8. The number of terminal acetylenes is 1. The summed E-state index contributed by atoms with van der Waals surface area (Å²) in [5, 5.41) is 0.0402. The molecule has 0 bridgehead atoms. The average molecular weight is 461 g/mol. The molecule has 31 heavy (non-hydrogen) atoms. The van der Waals surface area contributed by atoms with E-state index in [-0.39, 0.29) is 40.6 Å². The SMILES string of the molecule is C#CCN(Cc1ccc(C)cc1)C(=O)c1ccc(Cl)c(S(=O)(=O)NCC2CCCO2)c1. The maximum atomic E-state index is 13.1. The molecule has 3 rings (SSSR count). The number of carbonyl (C=O) groups is 1. The van der Waals surface area contributed by atoms with E-state index < -0.39 is 10.0 Å². The van der Waals surface area contributed by atoms with Crippen LogP contribution < -0.4 is 4.72 Å². The number of hydrogen-bond acceptors (Lipinski definition) is 4. The Morgan fingerprint density at radius 2 is 2.03 bits per heavy atom. The zero-order valence-electron chi connectivity index (χ0n) is 17.3. The van der Waals surface area contributed by atoms with E-state index in [0.717, 1.165) is 24.0 Å². The number of sulfonamides is 1. The van der Waals surface area contributed by atoms with Gasteiger partial charge in [-0.3, -0.25) is 4.79 Å². The second-order valence-corrected chi connectivity index (χ2v) is 9.63. The average Bonchev–Trinajstić information content (AvgIpc) is 3.27. The highest BCUT2D eigenvalue weighted by molar-refractivity contribution is 7.89. The molecule has 0 spiro atoms. The van der Waals surface area contributed by atoms with Gasteiger partial charge in [-0.25, -0.2) is 13.1 Å². The number of carbonyl (C=O) groups excluding carboxylic acids is 1. The van der Waals surface area contributed by atoms with Crippen LogP contribution >= 0.6 is 11.6 Å². The van der Waals surface area contributed by atoms with Crippen LogP contribution in [0.15, 0.2) is 47.4 Å². The highest BCUT2D eigenvalue weighted by Gasteiger charge is 2.24. The van der Waals surface area contributed by atoms with Crippen LogP contribution in [0, 0.1) is 19.3 Å². The van der Waals surface area contributed by atoms with Gasteiger partial charge < -0.3 is 9.64 Å². The summed E-state index contributed by atoms with van der Waals surface area (Å²) in [7, 11) is -3.91. The van der Waals surface area contributed by atoms with Crippen molar-refractivity contribution in [3.8, 4) is 12.3 Å². The predicted molar refractivity (Wildman–Crippen MR) is 120 cm³/mol. The van der Waals surface area contributed by atoms with Gasteiger partial charge in [0.05, 0.1) is 17.7 Å². The van der Waals surface area contributed by atoms with Crippen molar-refractivity contribution in [2.24, 2.45) is 0 Å². The van der Waals surface area contributed by atoms with Gasteiger partial charge in [-0.1, -0.05) is 47.4 Å². The summed E-state index contributed by atoms with van der Waals surface area (Å²) >= 11 is 6.16. The van der Waals surface area contributed by atoms with Crippen molar-refractivity contribution < 1.29 is 17.9 Å². The third-order valence-electron chi connectivity index (χ3n) is 5.06. The molecule has 1 saturated heterocycles. The van der Waals surface area contributed by atoms with Crippen LogP contribution in [0.25, 0.3) is 0 Å². The third kappa shape index (κ3) is 6.08. The molecule has 0 saturated carbocycles. The first-order valence-electron chi connectivity index (χ1n) is 9.99. The van der Waals surface area contributed by atoms with Crippen molar-refractivity contribution in [1.82, 2.24) is 9.62 Å². The fraction of sp³-hybridized carbons (Fsp3) is 0.348. The molecule has 1 fully saturated rings. The Hall–Kier alpha value is -2.37. The molecule has 1 heterocycles. The van der Waals surface area contributed by atoms with E-state index in [1.54, 1.807) is 0 Å². The van der Waals surface area contributed by atoms with E-state index >= 15 is 0 Å². The fourth-order valence-electron chi connectivity index (χ4n) is 3.33. The lowest BCUT2D eigenvalue weighted by molar-refractivity contribution is 0.0765. The number of hydrogen-bond donors (Lipinski definition) is 1. The normalized spacial score (nSPS) is 16.1. The molecule has 1 unspecified atom stereocenters. The van der Waals surface area contributed by atoms with Gasteiger partial charge in [-0.15, -0.1) is 6.42 Å². The number of nitrogens with zero attached hydrogens (tertiary/aromatic N) is 1. The Labute approximate surface area is 188 Å². The number of nitrogens with one attached hydrogen (secondary N) is 1. The van der Waals surface area contributed by atoms with Gasteiger partial charge in [0.1, 0.15) is 4.90 Å². The minimum absolute atomic E-state index is 0.0402. The fourth-order valence-corrected chi connectivity index (χ4v) is 4.92. The predicted octanol–water partition coefficient (Wildman–Crippen LogP) is 3.38. The minimum atomic E-state index is -3.91. The van der Waals surface area contributed by atoms with Gasteiger partial charge in [0.25, 0.3) is 5.91 Å². The summed E-state index contributed by atoms with van der Waals surface area (Å²) in [4.78, 5) is 14.5. The largest absolute Gasteiger partial charge is 0.377 e. The first kappa shape index (κ1) is 23.3. The van der Waals surface area contributed by atoms with Crippen molar-refractivity contribution >= 4 is 27.5 Å². The van der Waals surface area contributed by atoms with Gasteiger partial charge in [0, 0.05) is 25.3 Å². The van der Waals surface area contributed by atoms with Crippen molar-refractivity contribution in [2.45, 2.75) is 37.3 Å². The van der Waals surface area contributed by atoms with Crippen LogP contribution in [0.4, 0.5) is 0 Å². The summed E-state index contributed by atoms with van der Waals surface area (Å²) in [6.45, 7) is 3.17. The maximum Gasteiger partial charge on any atom is 0.254 e. The summed E-state index contributed by atoms with van der Waals surface area (Å²) in [5.74, 6) is 2.12. The molecule has 6 nitrogen and oxygen atoms in total. The maximum absolute atomic E-state index is 13.1. The molecule has 1 atom stereocenters. The van der Waals surface area contributed by atoms with E-state index in [4.69, 9.17) is 22.8 Å². The molecule has 164 valence electrons. The van der Waals surface area contributed by atoms with Crippen molar-refractivity contribution in [1.29, 1.82) is 0 Å². The lowest BCUT2D eigenvalue weighted by atomic mass is 10.1. The molecule has 0 aromatic heterocycles. The molecule has 1 aliphatic heterocycles. The van der Waals surface area contributed by atoms with E-state index in [9.17, 15) is 13.2 Å². The topological polar surface area (TPSA) is 75.7 Å². The van der Waals surface area contributed by atoms with Crippen LogP contribution in [0.5, 0.6) is 0 Å². The van der Waals surface area contributed by atoms with Gasteiger partial charge in [0.15, 0.2) is 0 Å². The summed E-state index contributed by atoms with van der Waals surface area (Å²) in [5.41, 5.74) is 2.24. The van der Waals surface area contributed by atoms with Crippen LogP contribution in [0.2, 0.25) is 5.02 Å². The third-order valence-corrected chi connectivity index (χ3v) is 6.96. The summed E-state index contributed by atoms with van der Waals surface area (Å²) < 4.78 is 33.6. The molecule has 2 aromatic rings. The van der Waals surface area contributed by atoms with Gasteiger partial charge in [-0.05, 0) is 43.5 Å². The Kier molecular flexibility index (Phi) is 7.74. The molecule has 0 aliphatic carbocycles. The Morgan fingerprint density at radius 3 is 2.68 bits per heavy atom. The number of halogens is 1. The van der Waals surface area contributed by atoms with Gasteiger partial charge in [-0.2, -0.15) is 0 Å². The quantitative estimate of drug-likeness (QED) is 0.613. The number of amides is 1. The Balaban J connectivity index is 1.81. The first-order valence-corrected chi connectivity index (χ1v) is 11.9. The minimum Gasteiger partial charge on any atom is -0.377 e. The molecular formula is C23H25ClN2O4S. The van der Waals surface area contributed by atoms with Gasteiger partial charge in [0.2, 0.25) is 10.0 Å². The second kappa shape index (κ2) is 10.3. The Morgan fingerprint density at radius 1 is 1.29 bits per heavy atom. The van der Waals surface area contributed by atoms with E-state index in [0.29, 0.717) is 13.2 Å². The number of rotatable bonds is 8. The van der Waals surface area contributed by atoms with Crippen LogP contribution in [-0.2, 0) is 21.3 Å². The van der Waals surface area contributed by atoms with Crippen LogP contribution in [0.1, 0.15) is 34.3 Å². The van der Waals surface area contributed by atoms with E-state index in [2.05, 4.69) is 10.6 Å². The smallest absolute Gasteiger partial charge is 0.254 e. The molecule has 0 radical (unpaired) electrons. The van der Waals surface area contributed by atoms with E-state index in [1.807, 2.05) is 31.2 Å². The number of benzene rings is 2. The zero-order valence-corrected chi connectivity index (χ0v) is 18.9. The van der Waals surface area contributed by atoms with Crippen molar-refractivity contribution in [2.75, 3.05) is 19.7 Å². The highest BCUT2D eigenvalue weighted by atomic mass is 35.5. The molecule has 8 heteroatoms. The van der Waals surface area contributed by atoms with Crippen molar-refractivity contribution in [3.63, 3.8) is 0 Å². The summed E-state index contributed by atoms with van der Waals surface area (Å²) in [6, 6.07) is 12.0. The molecule has 1 amide bonds.